The molecule has 0 radical (unpaired) electrons. The average molecular weight is 335 g/mol. The fourth-order valence-electron chi connectivity index (χ4n) is 3.47. The van der Waals surface area contributed by atoms with Gasteiger partial charge in [-0.1, -0.05) is 72.8 Å². The normalized spacial score (nSPS) is 11.7. The van der Waals surface area contributed by atoms with Gasteiger partial charge in [-0.2, -0.15) is 0 Å². The summed E-state index contributed by atoms with van der Waals surface area (Å²) in [6, 6.07) is 33.1. The molecule has 0 saturated carbocycles. The zero-order chi connectivity index (χ0) is 17.3. The molecular formula is C24H17NO. The Labute approximate surface area is 152 Å². The molecule has 1 heterocycles. The first-order chi connectivity index (χ1) is 12.9. The minimum Gasteiger partial charge on any atom is -0.456 e. The Morgan fingerprint density at radius 1 is 0.423 bits per heavy atom. The van der Waals surface area contributed by atoms with E-state index in [1.165, 1.54) is 0 Å². The SMILES string of the molecule is c1ccc2c(c1)Nc1ccccc1-c1ccccc1Oc1ccccc1-2. The summed E-state index contributed by atoms with van der Waals surface area (Å²) in [6.07, 6.45) is 0. The number of hydrogen-bond acceptors (Lipinski definition) is 2. The molecule has 1 aliphatic rings. The van der Waals surface area contributed by atoms with E-state index < -0.39 is 0 Å². The maximum atomic E-state index is 6.40. The second kappa shape index (κ2) is 6.08. The van der Waals surface area contributed by atoms with Crippen LogP contribution in [0.1, 0.15) is 0 Å². The summed E-state index contributed by atoms with van der Waals surface area (Å²) in [5.41, 5.74) is 6.52. The second-order valence-electron chi connectivity index (χ2n) is 6.31. The monoisotopic (exact) mass is 335 g/mol. The zero-order valence-electron chi connectivity index (χ0n) is 14.1. The van der Waals surface area contributed by atoms with Gasteiger partial charge in [0.15, 0.2) is 0 Å². The molecule has 26 heavy (non-hydrogen) atoms. The molecule has 0 aromatic heterocycles. The molecule has 0 bridgehead atoms. The quantitative estimate of drug-likeness (QED) is 0.333. The number of benzene rings is 4. The van der Waals surface area contributed by atoms with Crippen molar-refractivity contribution in [1.29, 1.82) is 0 Å². The number of hydrogen-bond donors (Lipinski definition) is 1. The van der Waals surface area contributed by atoms with Crippen LogP contribution in [0, 0.1) is 0 Å². The minimum absolute atomic E-state index is 0.855. The maximum absolute atomic E-state index is 6.40. The Morgan fingerprint density at radius 3 is 1.31 bits per heavy atom. The van der Waals surface area contributed by atoms with E-state index in [0.29, 0.717) is 0 Å². The molecule has 124 valence electrons. The molecule has 0 spiro atoms. The van der Waals surface area contributed by atoms with E-state index in [9.17, 15) is 0 Å². The summed E-state index contributed by atoms with van der Waals surface area (Å²) in [5.74, 6) is 1.71. The fraction of sp³-hybridized carbons (Fsp3) is 0. The number of para-hydroxylation sites is 4. The van der Waals surface area contributed by atoms with Crippen LogP contribution >= 0.6 is 0 Å². The lowest BCUT2D eigenvalue weighted by Gasteiger charge is -2.21. The third-order valence-electron chi connectivity index (χ3n) is 4.70. The van der Waals surface area contributed by atoms with E-state index in [4.69, 9.17) is 4.74 Å². The predicted molar refractivity (Wildman–Crippen MR) is 107 cm³/mol. The van der Waals surface area contributed by atoms with Crippen LogP contribution in [-0.2, 0) is 0 Å². The van der Waals surface area contributed by atoms with Gasteiger partial charge < -0.3 is 10.1 Å². The summed E-state index contributed by atoms with van der Waals surface area (Å²) in [7, 11) is 0. The van der Waals surface area contributed by atoms with Crippen LogP contribution in [0.4, 0.5) is 11.4 Å². The van der Waals surface area contributed by atoms with Crippen LogP contribution in [0.15, 0.2) is 97.1 Å². The van der Waals surface area contributed by atoms with Crippen molar-refractivity contribution in [3.63, 3.8) is 0 Å². The number of fused-ring (bicyclic) bond motifs is 6. The molecule has 2 heteroatoms. The van der Waals surface area contributed by atoms with Crippen LogP contribution in [0.5, 0.6) is 11.5 Å². The first kappa shape index (κ1) is 14.8. The molecule has 1 aliphatic heterocycles. The largest absolute Gasteiger partial charge is 0.456 e. The highest BCUT2D eigenvalue weighted by Crippen LogP contribution is 2.44. The summed E-state index contributed by atoms with van der Waals surface area (Å²) < 4.78 is 6.40. The lowest BCUT2D eigenvalue weighted by molar-refractivity contribution is 0.486. The number of ether oxygens (including phenoxy) is 1. The van der Waals surface area contributed by atoms with Gasteiger partial charge in [-0.3, -0.25) is 0 Å². The van der Waals surface area contributed by atoms with Crippen molar-refractivity contribution in [3.05, 3.63) is 97.1 Å². The lowest BCUT2D eigenvalue weighted by atomic mass is 9.99. The van der Waals surface area contributed by atoms with Gasteiger partial charge in [0.1, 0.15) is 11.5 Å². The van der Waals surface area contributed by atoms with Crippen molar-refractivity contribution < 1.29 is 4.74 Å². The molecule has 2 nitrogen and oxygen atoms in total. The van der Waals surface area contributed by atoms with Crippen molar-refractivity contribution in [2.75, 3.05) is 5.32 Å². The predicted octanol–water partition coefficient (Wildman–Crippen LogP) is 6.87. The highest BCUT2D eigenvalue weighted by atomic mass is 16.5. The molecule has 0 aliphatic carbocycles. The Hall–Kier alpha value is -3.52. The van der Waals surface area contributed by atoms with Crippen LogP contribution in [-0.4, -0.2) is 0 Å². The summed E-state index contributed by atoms with van der Waals surface area (Å²) in [4.78, 5) is 0. The maximum Gasteiger partial charge on any atom is 0.135 e. The molecular weight excluding hydrogens is 318 g/mol. The van der Waals surface area contributed by atoms with Gasteiger partial charge in [0.2, 0.25) is 0 Å². The Kier molecular flexibility index (Phi) is 3.46. The Balaban J connectivity index is 1.84. The van der Waals surface area contributed by atoms with E-state index in [0.717, 1.165) is 45.1 Å². The van der Waals surface area contributed by atoms with Crippen molar-refractivity contribution in [1.82, 2.24) is 0 Å². The zero-order valence-corrected chi connectivity index (χ0v) is 14.1. The van der Waals surface area contributed by atoms with Crippen LogP contribution in [0.2, 0.25) is 0 Å². The van der Waals surface area contributed by atoms with Gasteiger partial charge in [-0.25, -0.2) is 0 Å². The van der Waals surface area contributed by atoms with Crippen molar-refractivity contribution in [2.45, 2.75) is 0 Å². The van der Waals surface area contributed by atoms with Crippen LogP contribution in [0.25, 0.3) is 22.3 Å². The summed E-state index contributed by atoms with van der Waals surface area (Å²) in [5, 5.41) is 3.64. The third kappa shape index (κ3) is 2.44. The van der Waals surface area contributed by atoms with Gasteiger partial charge >= 0.3 is 0 Å². The Bertz CT molecular complexity index is 924. The third-order valence-corrected chi connectivity index (χ3v) is 4.70. The van der Waals surface area contributed by atoms with Gasteiger partial charge in [0, 0.05) is 33.6 Å². The minimum atomic E-state index is 0.855. The van der Waals surface area contributed by atoms with Crippen LogP contribution in [0.3, 0.4) is 0 Å². The molecule has 1 N–H and O–H groups in total. The van der Waals surface area contributed by atoms with E-state index in [2.05, 4.69) is 66.0 Å². The molecule has 0 atom stereocenters. The van der Waals surface area contributed by atoms with Crippen molar-refractivity contribution in [2.24, 2.45) is 0 Å². The average Bonchev–Trinajstić information content (AvgIpc) is 2.70. The Morgan fingerprint density at radius 2 is 0.808 bits per heavy atom. The van der Waals surface area contributed by atoms with Gasteiger partial charge in [0.05, 0.1) is 0 Å². The van der Waals surface area contributed by atoms with E-state index >= 15 is 0 Å². The topological polar surface area (TPSA) is 21.3 Å². The molecule has 0 amide bonds. The molecule has 5 rings (SSSR count). The van der Waals surface area contributed by atoms with E-state index in [1.54, 1.807) is 0 Å². The summed E-state index contributed by atoms with van der Waals surface area (Å²) in [6.45, 7) is 0. The van der Waals surface area contributed by atoms with Gasteiger partial charge in [0.25, 0.3) is 0 Å². The lowest BCUT2D eigenvalue weighted by Crippen LogP contribution is -1.99. The van der Waals surface area contributed by atoms with E-state index in [1.807, 2.05) is 36.4 Å². The number of nitrogens with one attached hydrogen (secondary N) is 1. The molecule has 0 fully saturated rings. The number of rotatable bonds is 0. The first-order valence-electron chi connectivity index (χ1n) is 8.72. The first-order valence-corrected chi connectivity index (χ1v) is 8.72. The summed E-state index contributed by atoms with van der Waals surface area (Å²) >= 11 is 0. The molecule has 4 aromatic carbocycles. The van der Waals surface area contributed by atoms with Crippen LogP contribution < -0.4 is 10.1 Å². The van der Waals surface area contributed by atoms with Crippen molar-refractivity contribution in [3.8, 4) is 33.8 Å². The molecule has 0 saturated heterocycles. The van der Waals surface area contributed by atoms with E-state index in [-0.39, 0.29) is 0 Å². The second-order valence-corrected chi connectivity index (χ2v) is 6.31. The number of anilines is 2. The standard InChI is InChI=1S/C24H17NO/c1-5-13-21-17(9-1)19-11-3-7-15-23(19)26-24-16-8-4-12-20(24)18-10-2-6-14-22(18)25-21/h1-16,25H. The molecule has 4 aromatic rings. The fourth-order valence-corrected chi connectivity index (χ4v) is 3.47. The van der Waals surface area contributed by atoms with Crippen molar-refractivity contribution >= 4 is 11.4 Å². The van der Waals surface area contributed by atoms with Gasteiger partial charge in [-0.05, 0) is 24.3 Å². The highest BCUT2D eigenvalue weighted by molar-refractivity contribution is 5.90. The highest BCUT2D eigenvalue weighted by Gasteiger charge is 2.17. The smallest absolute Gasteiger partial charge is 0.135 e. The molecule has 0 unspecified atom stereocenters. The van der Waals surface area contributed by atoms with Gasteiger partial charge in [-0.15, -0.1) is 0 Å².